The monoisotopic (exact) mass is 414 g/mol. The molecule has 2 aromatic rings. The van der Waals surface area contributed by atoms with E-state index in [2.05, 4.69) is 0 Å². The van der Waals surface area contributed by atoms with Gasteiger partial charge in [-0.25, -0.2) is 0 Å². The van der Waals surface area contributed by atoms with Crippen LogP contribution >= 0.6 is 11.6 Å². The summed E-state index contributed by atoms with van der Waals surface area (Å²) in [5, 5.41) is 0.530. The molecule has 1 aliphatic rings. The van der Waals surface area contributed by atoms with Crippen LogP contribution in [-0.2, 0) is 11.3 Å². The van der Waals surface area contributed by atoms with Crippen molar-refractivity contribution < 1.29 is 19.1 Å². The normalized spacial score (nSPS) is 14.2. The molecule has 152 valence electrons. The fourth-order valence-electron chi connectivity index (χ4n) is 3.58. The number of rotatable bonds is 6. The number of halogens is 1. The number of benzene rings is 2. The lowest BCUT2D eigenvalue weighted by Crippen LogP contribution is -2.52. The Bertz CT molecular complexity index is 938. The summed E-state index contributed by atoms with van der Waals surface area (Å²) in [6.07, 6.45) is 0. The molecule has 0 saturated heterocycles. The van der Waals surface area contributed by atoms with Crippen LogP contribution in [0.1, 0.15) is 40.1 Å². The highest BCUT2D eigenvalue weighted by Gasteiger charge is 2.44. The fraction of sp³-hybridized carbons (Fsp3) is 0.318. The third-order valence-corrected chi connectivity index (χ3v) is 5.25. The Labute approximate surface area is 175 Å². The summed E-state index contributed by atoms with van der Waals surface area (Å²) in [6.45, 7) is 3.87. The second-order valence-corrected chi connectivity index (χ2v) is 7.80. The fourth-order valence-corrected chi connectivity index (χ4v) is 3.78. The lowest BCUT2D eigenvalue weighted by atomic mass is 10.0. The van der Waals surface area contributed by atoms with Gasteiger partial charge in [-0.1, -0.05) is 37.6 Å². The molecule has 0 aliphatic carbocycles. The first-order valence-electron chi connectivity index (χ1n) is 9.30. The van der Waals surface area contributed by atoms with Gasteiger partial charge in [0.25, 0.3) is 11.8 Å². The molecule has 7 heteroatoms. The summed E-state index contributed by atoms with van der Waals surface area (Å²) >= 11 is 6.09. The highest BCUT2D eigenvalue weighted by molar-refractivity contribution is 6.30. The first-order chi connectivity index (χ1) is 13.8. The average molecular weight is 415 g/mol. The third kappa shape index (κ3) is 3.85. The third-order valence-electron chi connectivity index (χ3n) is 5.01. The van der Waals surface area contributed by atoms with Gasteiger partial charge in [0.15, 0.2) is 0 Å². The minimum absolute atomic E-state index is 0.231. The Kier molecular flexibility index (Phi) is 5.94. The van der Waals surface area contributed by atoms with Gasteiger partial charge in [0.1, 0.15) is 11.8 Å². The molecule has 2 aromatic carbocycles. The van der Waals surface area contributed by atoms with Crippen LogP contribution in [0.4, 0.5) is 0 Å². The molecule has 29 heavy (non-hydrogen) atoms. The molecule has 0 bridgehead atoms. The van der Waals surface area contributed by atoms with Crippen LogP contribution in [0.5, 0.6) is 5.75 Å². The maximum atomic E-state index is 13.3. The largest absolute Gasteiger partial charge is 0.496 e. The molecule has 0 radical (unpaired) electrons. The number of likely N-dealkylation sites (N-methyl/N-ethyl adjacent to an activating group) is 1. The van der Waals surface area contributed by atoms with E-state index in [0.717, 1.165) is 10.5 Å². The van der Waals surface area contributed by atoms with E-state index in [-0.39, 0.29) is 18.4 Å². The Hall–Kier alpha value is -2.86. The number of nitrogens with zero attached hydrogens (tertiary/aromatic N) is 2. The maximum absolute atomic E-state index is 13.3. The van der Waals surface area contributed by atoms with Gasteiger partial charge in [-0.05, 0) is 36.2 Å². The van der Waals surface area contributed by atoms with E-state index >= 15 is 0 Å². The van der Waals surface area contributed by atoms with Crippen molar-refractivity contribution in [1.82, 2.24) is 9.80 Å². The van der Waals surface area contributed by atoms with Crippen LogP contribution in [0.25, 0.3) is 0 Å². The highest BCUT2D eigenvalue weighted by Crippen LogP contribution is 2.29. The number of amides is 3. The molecule has 1 atom stereocenters. The predicted octanol–water partition coefficient (Wildman–Crippen LogP) is 3.63. The molecule has 0 aromatic heterocycles. The van der Waals surface area contributed by atoms with Gasteiger partial charge >= 0.3 is 0 Å². The summed E-state index contributed by atoms with van der Waals surface area (Å²) in [4.78, 5) is 41.6. The molecule has 0 spiro atoms. The first kappa shape index (κ1) is 20.9. The summed E-state index contributed by atoms with van der Waals surface area (Å²) in [5.74, 6) is -0.849. The quantitative estimate of drug-likeness (QED) is 0.677. The van der Waals surface area contributed by atoms with Crippen molar-refractivity contribution in [2.24, 2.45) is 5.92 Å². The first-order valence-corrected chi connectivity index (χ1v) is 9.68. The van der Waals surface area contributed by atoms with Gasteiger partial charge in [-0.2, -0.15) is 0 Å². The van der Waals surface area contributed by atoms with Gasteiger partial charge in [-0.3, -0.25) is 19.3 Å². The van der Waals surface area contributed by atoms with Crippen LogP contribution in [0.15, 0.2) is 42.5 Å². The van der Waals surface area contributed by atoms with E-state index in [1.165, 1.54) is 4.90 Å². The minimum atomic E-state index is -0.905. The van der Waals surface area contributed by atoms with Crippen molar-refractivity contribution in [2.75, 3.05) is 14.2 Å². The minimum Gasteiger partial charge on any atom is -0.496 e. The van der Waals surface area contributed by atoms with Crippen molar-refractivity contribution in [1.29, 1.82) is 0 Å². The van der Waals surface area contributed by atoms with Crippen LogP contribution in [0.3, 0.4) is 0 Å². The van der Waals surface area contributed by atoms with Crippen LogP contribution in [-0.4, -0.2) is 47.7 Å². The van der Waals surface area contributed by atoms with E-state index in [0.29, 0.717) is 21.9 Å². The van der Waals surface area contributed by atoms with Crippen molar-refractivity contribution in [3.8, 4) is 5.75 Å². The van der Waals surface area contributed by atoms with Gasteiger partial charge in [0.2, 0.25) is 5.91 Å². The molecule has 0 N–H and O–H groups in total. The molecule has 3 amide bonds. The molecule has 0 fully saturated rings. The molecule has 6 nitrogen and oxygen atoms in total. The Balaban J connectivity index is 1.89. The highest BCUT2D eigenvalue weighted by atomic mass is 35.5. The summed E-state index contributed by atoms with van der Waals surface area (Å²) in [7, 11) is 3.18. The summed E-state index contributed by atoms with van der Waals surface area (Å²) < 4.78 is 5.35. The lowest BCUT2D eigenvalue weighted by Gasteiger charge is -2.32. The van der Waals surface area contributed by atoms with Crippen LogP contribution < -0.4 is 4.74 Å². The topological polar surface area (TPSA) is 66.9 Å². The number of carbonyl (C=O) groups is 3. The van der Waals surface area contributed by atoms with Crippen LogP contribution in [0.2, 0.25) is 5.02 Å². The van der Waals surface area contributed by atoms with Gasteiger partial charge in [0, 0.05) is 24.2 Å². The zero-order valence-electron chi connectivity index (χ0n) is 16.8. The van der Waals surface area contributed by atoms with Gasteiger partial charge < -0.3 is 9.64 Å². The Morgan fingerprint density at radius 1 is 1.10 bits per heavy atom. The molecular weight excluding hydrogens is 392 g/mol. The molecule has 3 rings (SSSR count). The van der Waals surface area contributed by atoms with Crippen molar-refractivity contribution in [3.05, 3.63) is 64.2 Å². The predicted molar refractivity (Wildman–Crippen MR) is 110 cm³/mol. The standard InChI is InChI=1S/C22H23ClN2O4/c1-13(2)19(25-20(26)16-7-5-6-8-17(16)21(25)27)22(28)24(3)12-14-11-15(23)9-10-18(14)29-4/h5-11,13,19H,12H2,1-4H3. The van der Waals surface area contributed by atoms with Crippen LogP contribution in [0, 0.1) is 5.92 Å². The maximum Gasteiger partial charge on any atom is 0.262 e. The molecule has 1 unspecified atom stereocenters. The van der Waals surface area contributed by atoms with E-state index < -0.39 is 17.9 Å². The average Bonchev–Trinajstić information content (AvgIpc) is 2.93. The SMILES string of the molecule is COc1ccc(Cl)cc1CN(C)C(=O)C(C(C)C)N1C(=O)c2ccccc2C1=O. The van der Waals surface area contributed by atoms with Gasteiger partial charge in [0.05, 0.1) is 18.2 Å². The Morgan fingerprint density at radius 3 is 2.21 bits per heavy atom. The molecule has 1 aliphatic heterocycles. The zero-order valence-corrected chi connectivity index (χ0v) is 17.6. The van der Waals surface area contributed by atoms with E-state index in [1.807, 2.05) is 13.8 Å². The Morgan fingerprint density at radius 2 is 1.69 bits per heavy atom. The van der Waals surface area contributed by atoms with Gasteiger partial charge in [-0.15, -0.1) is 0 Å². The number of ether oxygens (including phenoxy) is 1. The molecule has 1 heterocycles. The number of methoxy groups -OCH3 is 1. The zero-order chi connectivity index (χ0) is 21.3. The number of carbonyl (C=O) groups excluding carboxylic acids is 3. The smallest absolute Gasteiger partial charge is 0.262 e. The number of hydrogen-bond donors (Lipinski definition) is 0. The summed E-state index contributed by atoms with van der Waals surface area (Å²) in [6, 6.07) is 10.9. The molecular formula is C22H23ClN2O4. The van der Waals surface area contributed by atoms with Crippen molar-refractivity contribution in [2.45, 2.75) is 26.4 Å². The second-order valence-electron chi connectivity index (χ2n) is 7.37. The lowest BCUT2D eigenvalue weighted by molar-refractivity contribution is -0.136. The van der Waals surface area contributed by atoms with Crippen molar-refractivity contribution >= 4 is 29.3 Å². The van der Waals surface area contributed by atoms with Crippen molar-refractivity contribution in [3.63, 3.8) is 0 Å². The van der Waals surface area contributed by atoms with E-state index in [4.69, 9.17) is 16.3 Å². The second kappa shape index (κ2) is 8.25. The number of imide groups is 1. The number of fused-ring (bicyclic) bond motifs is 1. The number of hydrogen-bond acceptors (Lipinski definition) is 4. The molecule has 0 saturated carbocycles. The van der Waals surface area contributed by atoms with E-state index in [1.54, 1.807) is 56.6 Å². The van der Waals surface area contributed by atoms with E-state index in [9.17, 15) is 14.4 Å². The summed E-state index contributed by atoms with van der Waals surface area (Å²) in [5.41, 5.74) is 1.39.